The summed E-state index contributed by atoms with van der Waals surface area (Å²) in [7, 11) is -1.85. The standard InChI is InChI=1S/C21H38O3Si/c1-7-8-9-10-11-12-15-21(23)16-13-19(22)18(21)14-17-24-25(5,6)20(2,3)4/h13-14,16,23H,7-12,15,17H2,1-6H3/b18-14+/t21-/m0/s1. The van der Waals surface area contributed by atoms with E-state index in [4.69, 9.17) is 4.43 Å². The molecule has 25 heavy (non-hydrogen) atoms. The highest BCUT2D eigenvalue weighted by molar-refractivity contribution is 6.74. The topological polar surface area (TPSA) is 46.5 Å². The molecule has 0 aromatic heterocycles. The van der Waals surface area contributed by atoms with E-state index in [1.165, 1.54) is 31.8 Å². The lowest BCUT2D eigenvalue weighted by Gasteiger charge is -2.36. The number of unbranched alkanes of at least 4 members (excludes halogenated alkanes) is 5. The Labute approximate surface area is 155 Å². The van der Waals surface area contributed by atoms with Crippen LogP contribution in [0.15, 0.2) is 23.8 Å². The van der Waals surface area contributed by atoms with Crippen molar-refractivity contribution >= 4 is 14.1 Å². The van der Waals surface area contributed by atoms with Gasteiger partial charge in [-0.05, 0) is 49.2 Å². The van der Waals surface area contributed by atoms with Gasteiger partial charge >= 0.3 is 0 Å². The van der Waals surface area contributed by atoms with Gasteiger partial charge in [-0.1, -0.05) is 59.8 Å². The Morgan fingerprint density at radius 2 is 1.76 bits per heavy atom. The van der Waals surface area contributed by atoms with Crippen LogP contribution in [-0.2, 0) is 9.22 Å². The second kappa shape index (κ2) is 9.29. The fourth-order valence-electron chi connectivity index (χ4n) is 2.83. The third kappa shape index (κ3) is 6.50. The summed E-state index contributed by atoms with van der Waals surface area (Å²) < 4.78 is 6.14. The zero-order valence-electron chi connectivity index (χ0n) is 17.2. The van der Waals surface area contributed by atoms with Crippen molar-refractivity contribution < 1.29 is 14.3 Å². The van der Waals surface area contributed by atoms with E-state index >= 15 is 0 Å². The molecule has 0 heterocycles. The lowest BCUT2D eigenvalue weighted by Crippen LogP contribution is -2.41. The minimum atomic E-state index is -1.85. The van der Waals surface area contributed by atoms with Crippen LogP contribution in [0, 0.1) is 0 Å². The van der Waals surface area contributed by atoms with Crippen LogP contribution in [0.3, 0.4) is 0 Å². The molecule has 3 nitrogen and oxygen atoms in total. The maximum Gasteiger partial charge on any atom is 0.192 e. The maximum atomic E-state index is 12.2. The normalized spacial score (nSPS) is 23.0. The lowest BCUT2D eigenvalue weighted by molar-refractivity contribution is -0.112. The Morgan fingerprint density at radius 1 is 1.16 bits per heavy atom. The molecule has 0 unspecified atom stereocenters. The van der Waals surface area contributed by atoms with Crippen LogP contribution in [-0.4, -0.2) is 31.4 Å². The van der Waals surface area contributed by atoms with Gasteiger partial charge < -0.3 is 9.53 Å². The smallest absolute Gasteiger partial charge is 0.192 e. The van der Waals surface area contributed by atoms with Gasteiger partial charge in [0.05, 0.1) is 6.61 Å². The fraction of sp³-hybridized carbons (Fsp3) is 0.762. The summed E-state index contributed by atoms with van der Waals surface area (Å²) in [5, 5.41) is 11.0. The molecule has 1 rings (SSSR count). The third-order valence-corrected chi connectivity index (χ3v) is 10.2. The number of hydrogen-bond acceptors (Lipinski definition) is 3. The maximum absolute atomic E-state index is 12.2. The molecular weight excluding hydrogens is 328 g/mol. The van der Waals surface area contributed by atoms with Crippen molar-refractivity contribution in [2.45, 2.75) is 96.4 Å². The van der Waals surface area contributed by atoms with Crippen molar-refractivity contribution in [2.75, 3.05) is 6.61 Å². The second-order valence-electron chi connectivity index (χ2n) is 8.83. The van der Waals surface area contributed by atoms with Gasteiger partial charge in [0.2, 0.25) is 0 Å². The van der Waals surface area contributed by atoms with E-state index in [-0.39, 0.29) is 10.8 Å². The van der Waals surface area contributed by atoms with E-state index in [2.05, 4.69) is 40.8 Å². The first kappa shape index (κ1) is 22.3. The molecule has 0 amide bonds. The van der Waals surface area contributed by atoms with Crippen LogP contribution in [0.25, 0.3) is 0 Å². The summed E-state index contributed by atoms with van der Waals surface area (Å²) in [6.07, 6.45) is 12.6. The molecule has 0 spiro atoms. The monoisotopic (exact) mass is 366 g/mol. The third-order valence-electron chi connectivity index (χ3n) is 5.69. The zero-order chi connectivity index (χ0) is 19.1. The molecule has 0 saturated heterocycles. The Morgan fingerprint density at radius 3 is 2.36 bits per heavy atom. The molecule has 0 radical (unpaired) electrons. The summed E-state index contributed by atoms with van der Waals surface area (Å²) in [5.41, 5.74) is -0.599. The summed E-state index contributed by atoms with van der Waals surface area (Å²) in [5.74, 6) is -0.0766. The van der Waals surface area contributed by atoms with Crippen LogP contribution < -0.4 is 0 Å². The van der Waals surface area contributed by atoms with E-state index in [0.29, 0.717) is 18.6 Å². The minimum Gasteiger partial charge on any atom is -0.413 e. The molecular formula is C21H38O3Si. The Hall–Kier alpha value is -0.713. The Balaban J connectivity index is 2.59. The highest BCUT2D eigenvalue weighted by Gasteiger charge is 2.38. The van der Waals surface area contributed by atoms with Crippen molar-refractivity contribution in [1.29, 1.82) is 0 Å². The molecule has 0 aliphatic heterocycles. The van der Waals surface area contributed by atoms with Crippen molar-refractivity contribution in [1.82, 2.24) is 0 Å². The predicted molar refractivity (Wildman–Crippen MR) is 108 cm³/mol. The first-order chi connectivity index (χ1) is 11.5. The first-order valence-electron chi connectivity index (χ1n) is 9.84. The van der Waals surface area contributed by atoms with Crippen LogP contribution in [0.2, 0.25) is 18.1 Å². The number of carbonyl (C=O) groups is 1. The van der Waals surface area contributed by atoms with E-state index in [1.54, 1.807) is 12.2 Å². The Bertz CT molecular complexity index is 500. The van der Waals surface area contributed by atoms with Crippen LogP contribution in [0.5, 0.6) is 0 Å². The van der Waals surface area contributed by atoms with E-state index in [1.807, 2.05) is 0 Å². The molecule has 1 aliphatic rings. The van der Waals surface area contributed by atoms with Crippen LogP contribution in [0.1, 0.15) is 72.6 Å². The molecule has 4 heteroatoms. The minimum absolute atomic E-state index is 0.0766. The van der Waals surface area contributed by atoms with Gasteiger partial charge in [0.25, 0.3) is 0 Å². The SMILES string of the molecule is CCCCCCCC[C@]1(O)C=CC(=O)/C1=C\CO[Si](C)(C)C(C)(C)C. The molecule has 1 aliphatic carbocycles. The van der Waals surface area contributed by atoms with Crippen molar-refractivity contribution in [2.24, 2.45) is 0 Å². The quantitative estimate of drug-likeness (QED) is 0.313. The molecule has 0 bridgehead atoms. The average molecular weight is 367 g/mol. The van der Waals surface area contributed by atoms with Gasteiger partial charge in [-0.15, -0.1) is 0 Å². The number of rotatable bonds is 10. The van der Waals surface area contributed by atoms with Crippen molar-refractivity contribution in [3.05, 3.63) is 23.8 Å². The highest BCUT2D eigenvalue weighted by Crippen LogP contribution is 2.37. The summed E-state index contributed by atoms with van der Waals surface area (Å²) in [6.45, 7) is 13.6. The van der Waals surface area contributed by atoms with Crippen molar-refractivity contribution in [3.63, 3.8) is 0 Å². The summed E-state index contributed by atoms with van der Waals surface area (Å²) in [6, 6.07) is 0. The van der Waals surface area contributed by atoms with Crippen molar-refractivity contribution in [3.8, 4) is 0 Å². The Kier molecular flexibility index (Phi) is 8.30. The van der Waals surface area contributed by atoms with Gasteiger partial charge in [0.15, 0.2) is 14.1 Å². The zero-order valence-corrected chi connectivity index (χ0v) is 18.2. The highest BCUT2D eigenvalue weighted by atomic mass is 28.4. The predicted octanol–water partition coefficient (Wildman–Crippen LogP) is 5.56. The van der Waals surface area contributed by atoms with Gasteiger partial charge in [-0.3, -0.25) is 4.79 Å². The summed E-state index contributed by atoms with van der Waals surface area (Å²) >= 11 is 0. The average Bonchev–Trinajstić information content (AvgIpc) is 2.78. The number of aliphatic hydroxyl groups is 1. The van der Waals surface area contributed by atoms with Crippen LogP contribution in [0.4, 0.5) is 0 Å². The molecule has 0 saturated carbocycles. The number of allylic oxidation sites excluding steroid dienone is 1. The summed E-state index contributed by atoms with van der Waals surface area (Å²) in [4.78, 5) is 12.2. The molecule has 1 atom stereocenters. The van der Waals surface area contributed by atoms with E-state index in [0.717, 1.165) is 12.8 Å². The first-order valence-corrected chi connectivity index (χ1v) is 12.7. The van der Waals surface area contributed by atoms with Gasteiger partial charge in [0.1, 0.15) is 5.60 Å². The van der Waals surface area contributed by atoms with E-state index < -0.39 is 13.9 Å². The second-order valence-corrected chi connectivity index (χ2v) is 13.6. The number of ketones is 1. The fourth-order valence-corrected chi connectivity index (χ4v) is 3.76. The number of carbonyl (C=O) groups excluding carboxylic acids is 1. The van der Waals surface area contributed by atoms with E-state index in [9.17, 15) is 9.90 Å². The largest absolute Gasteiger partial charge is 0.413 e. The molecule has 1 N–H and O–H groups in total. The molecule has 0 aromatic carbocycles. The molecule has 144 valence electrons. The van der Waals surface area contributed by atoms with Gasteiger partial charge in [-0.25, -0.2) is 0 Å². The molecule has 0 aromatic rings. The van der Waals surface area contributed by atoms with Crippen LogP contribution >= 0.6 is 0 Å². The molecule has 0 fully saturated rings. The number of hydrogen-bond donors (Lipinski definition) is 1. The van der Waals surface area contributed by atoms with Gasteiger partial charge in [0, 0.05) is 5.57 Å². The van der Waals surface area contributed by atoms with Gasteiger partial charge in [-0.2, -0.15) is 0 Å². The lowest BCUT2D eigenvalue weighted by atomic mass is 9.90.